The number of carbonyl (C=O) groups is 1. The minimum Gasteiger partial charge on any atom is -0.292 e. The second-order valence-electron chi connectivity index (χ2n) is 3.31. The number of Topliss-reactive ketones (excluding diaryl/α,β-unsaturated/α-hetero) is 1. The van der Waals surface area contributed by atoms with Crippen molar-refractivity contribution in [2.24, 2.45) is 0 Å². The van der Waals surface area contributed by atoms with Gasteiger partial charge in [-0.2, -0.15) is 0 Å². The van der Waals surface area contributed by atoms with E-state index in [1.54, 1.807) is 13.8 Å². The number of benzene rings is 1. The summed E-state index contributed by atoms with van der Waals surface area (Å²) < 4.78 is 12.5. The van der Waals surface area contributed by atoms with E-state index >= 15 is 0 Å². The normalized spacial score (nSPS) is 11.4. The highest BCUT2D eigenvalue weighted by Crippen LogP contribution is 2.19. The van der Waals surface area contributed by atoms with Crippen LogP contribution in [-0.4, -0.2) is 10.7 Å². The predicted molar refractivity (Wildman–Crippen MR) is 50.7 cm³/mol. The van der Waals surface area contributed by atoms with Crippen LogP contribution in [-0.2, 0) is 0 Å². The second kappa shape index (κ2) is 3.46. The molecule has 1 aromatic rings. The van der Waals surface area contributed by atoms with Crippen molar-refractivity contribution >= 4 is 17.4 Å². The Kier molecular flexibility index (Phi) is 2.71. The molecule has 0 saturated carbocycles. The second-order valence-corrected chi connectivity index (χ2v) is 4.25. The third-order valence-corrected chi connectivity index (χ3v) is 1.82. The molecule has 1 nitrogen and oxygen atoms in total. The summed E-state index contributed by atoms with van der Waals surface area (Å²) in [6.07, 6.45) is 0. The predicted octanol–water partition coefficient (Wildman–Crippen LogP) is 3.03. The fourth-order valence-electron chi connectivity index (χ4n) is 0.944. The monoisotopic (exact) mass is 200 g/mol. The Morgan fingerprint density at radius 1 is 1.31 bits per heavy atom. The quantitative estimate of drug-likeness (QED) is 0.530. The molecule has 0 aliphatic heterocycles. The van der Waals surface area contributed by atoms with Crippen molar-refractivity contribution in [3.05, 3.63) is 35.6 Å². The maximum absolute atomic E-state index is 12.5. The fourth-order valence-corrected chi connectivity index (χ4v) is 1.05. The van der Waals surface area contributed by atoms with E-state index in [0.717, 1.165) is 0 Å². The molecule has 0 aliphatic carbocycles. The zero-order valence-electron chi connectivity index (χ0n) is 7.47. The van der Waals surface area contributed by atoms with Crippen molar-refractivity contribution in [3.63, 3.8) is 0 Å². The molecule has 1 rings (SSSR count). The van der Waals surface area contributed by atoms with Crippen molar-refractivity contribution in [2.75, 3.05) is 0 Å². The molecule has 0 unspecified atom stereocenters. The molecule has 0 aromatic heterocycles. The van der Waals surface area contributed by atoms with Gasteiger partial charge in [0.2, 0.25) is 0 Å². The Morgan fingerprint density at radius 3 is 2.15 bits per heavy atom. The summed E-state index contributed by atoms with van der Waals surface area (Å²) in [4.78, 5) is 10.6. The first-order chi connectivity index (χ1) is 5.91. The van der Waals surface area contributed by atoms with Crippen LogP contribution in [0.1, 0.15) is 24.2 Å². The lowest BCUT2D eigenvalue weighted by atomic mass is 10.0. The van der Waals surface area contributed by atoms with Gasteiger partial charge >= 0.3 is 0 Å². The van der Waals surface area contributed by atoms with Crippen molar-refractivity contribution in [3.8, 4) is 0 Å². The summed E-state index contributed by atoms with van der Waals surface area (Å²) in [7, 11) is 0. The summed E-state index contributed by atoms with van der Waals surface area (Å²) in [6.45, 7) is 3.22. The smallest absolute Gasteiger partial charge is 0.183 e. The number of hydrogen-bond donors (Lipinski definition) is 0. The van der Waals surface area contributed by atoms with Crippen LogP contribution < -0.4 is 0 Å². The van der Waals surface area contributed by atoms with Gasteiger partial charge in [-0.15, -0.1) is 11.6 Å². The van der Waals surface area contributed by atoms with Crippen LogP contribution in [0.4, 0.5) is 4.39 Å². The van der Waals surface area contributed by atoms with Gasteiger partial charge in [-0.3, -0.25) is 4.79 Å². The van der Waals surface area contributed by atoms with Gasteiger partial charge in [0.1, 0.15) is 10.7 Å². The molecule has 0 atom stereocenters. The highest BCUT2D eigenvalue weighted by molar-refractivity contribution is 6.37. The SMILES string of the molecule is CC(C)(Cl)C(=O)c1ccc(F)cc1. The molecule has 0 aliphatic rings. The van der Waals surface area contributed by atoms with Gasteiger partial charge in [-0.1, -0.05) is 0 Å². The summed E-state index contributed by atoms with van der Waals surface area (Å²) in [5, 5.41) is 0. The molecule has 0 radical (unpaired) electrons. The van der Waals surface area contributed by atoms with E-state index in [9.17, 15) is 9.18 Å². The highest BCUT2D eigenvalue weighted by Gasteiger charge is 2.25. The van der Waals surface area contributed by atoms with Crippen LogP contribution in [0, 0.1) is 5.82 Å². The summed E-state index contributed by atoms with van der Waals surface area (Å²) in [5.41, 5.74) is 0.432. The van der Waals surface area contributed by atoms with Crippen LogP contribution in [0.5, 0.6) is 0 Å². The van der Waals surface area contributed by atoms with E-state index in [-0.39, 0.29) is 11.6 Å². The van der Waals surface area contributed by atoms with Gasteiger partial charge in [-0.25, -0.2) is 4.39 Å². The number of rotatable bonds is 2. The lowest BCUT2D eigenvalue weighted by molar-refractivity contribution is 0.0954. The van der Waals surface area contributed by atoms with Crippen molar-refractivity contribution in [2.45, 2.75) is 18.7 Å². The number of carbonyl (C=O) groups excluding carboxylic acids is 1. The molecule has 0 bridgehead atoms. The van der Waals surface area contributed by atoms with Crippen molar-refractivity contribution in [1.29, 1.82) is 0 Å². The lowest BCUT2D eigenvalue weighted by Crippen LogP contribution is -2.24. The summed E-state index contributed by atoms with van der Waals surface area (Å²) in [6, 6.07) is 5.36. The lowest BCUT2D eigenvalue weighted by Gasteiger charge is -2.13. The topological polar surface area (TPSA) is 17.1 Å². The van der Waals surface area contributed by atoms with E-state index in [1.807, 2.05) is 0 Å². The van der Waals surface area contributed by atoms with E-state index in [0.29, 0.717) is 5.56 Å². The fraction of sp³-hybridized carbons (Fsp3) is 0.300. The molecular formula is C10H10ClFO. The van der Waals surface area contributed by atoms with E-state index < -0.39 is 4.87 Å². The standard InChI is InChI=1S/C10H10ClFO/c1-10(2,11)9(13)7-3-5-8(12)6-4-7/h3-6H,1-2H3. The van der Waals surface area contributed by atoms with E-state index in [4.69, 9.17) is 11.6 Å². The van der Waals surface area contributed by atoms with E-state index in [1.165, 1.54) is 24.3 Å². The molecule has 0 spiro atoms. The molecule has 1 aromatic carbocycles. The Morgan fingerprint density at radius 2 is 1.77 bits per heavy atom. The van der Waals surface area contributed by atoms with Crippen molar-refractivity contribution < 1.29 is 9.18 Å². The number of hydrogen-bond acceptors (Lipinski definition) is 1. The molecule has 0 heterocycles. The molecule has 13 heavy (non-hydrogen) atoms. The highest BCUT2D eigenvalue weighted by atomic mass is 35.5. The largest absolute Gasteiger partial charge is 0.292 e. The van der Waals surface area contributed by atoms with Gasteiger partial charge in [0, 0.05) is 5.56 Å². The van der Waals surface area contributed by atoms with Crippen LogP contribution in [0.2, 0.25) is 0 Å². The zero-order chi connectivity index (χ0) is 10.1. The van der Waals surface area contributed by atoms with Gasteiger partial charge in [0.05, 0.1) is 0 Å². The Balaban J connectivity index is 2.97. The Hall–Kier alpha value is -0.890. The van der Waals surface area contributed by atoms with E-state index in [2.05, 4.69) is 0 Å². The third-order valence-electron chi connectivity index (χ3n) is 1.65. The Bertz CT molecular complexity index is 311. The first-order valence-corrected chi connectivity index (χ1v) is 4.28. The number of alkyl halides is 1. The molecule has 0 N–H and O–H groups in total. The van der Waals surface area contributed by atoms with Crippen LogP contribution in [0.15, 0.2) is 24.3 Å². The minimum atomic E-state index is -0.933. The molecule has 0 saturated heterocycles. The van der Waals surface area contributed by atoms with Crippen LogP contribution >= 0.6 is 11.6 Å². The van der Waals surface area contributed by atoms with Gasteiger partial charge in [0.15, 0.2) is 5.78 Å². The van der Waals surface area contributed by atoms with Crippen molar-refractivity contribution in [1.82, 2.24) is 0 Å². The average molecular weight is 201 g/mol. The molecule has 0 fully saturated rings. The molecule has 70 valence electrons. The van der Waals surface area contributed by atoms with Gasteiger partial charge in [0.25, 0.3) is 0 Å². The first-order valence-electron chi connectivity index (χ1n) is 3.90. The van der Waals surface area contributed by atoms with Gasteiger partial charge < -0.3 is 0 Å². The number of halogens is 2. The van der Waals surface area contributed by atoms with Crippen LogP contribution in [0.3, 0.4) is 0 Å². The molecular weight excluding hydrogens is 191 g/mol. The van der Waals surface area contributed by atoms with Gasteiger partial charge in [-0.05, 0) is 38.1 Å². The molecule has 3 heteroatoms. The minimum absolute atomic E-state index is 0.200. The summed E-state index contributed by atoms with van der Waals surface area (Å²) >= 11 is 5.81. The maximum Gasteiger partial charge on any atom is 0.183 e. The summed E-state index contributed by atoms with van der Waals surface area (Å²) in [5.74, 6) is -0.557. The zero-order valence-corrected chi connectivity index (χ0v) is 8.23. The maximum atomic E-state index is 12.5. The number of ketones is 1. The molecule has 0 amide bonds. The Labute approximate surface area is 81.5 Å². The third kappa shape index (κ3) is 2.52. The average Bonchev–Trinajstić information content (AvgIpc) is 2.03. The first kappa shape index (κ1) is 10.2. The van der Waals surface area contributed by atoms with Crippen LogP contribution in [0.25, 0.3) is 0 Å².